The van der Waals surface area contributed by atoms with Gasteiger partial charge in [0.25, 0.3) is 0 Å². The van der Waals surface area contributed by atoms with Gasteiger partial charge in [0.05, 0.1) is 0 Å². The second-order valence-corrected chi connectivity index (χ2v) is 6.79. The number of nitrogens with one attached hydrogen (secondary N) is 1. The number of carbonyl (C=O) groups is 1. The van der Waals surface area contributed by atoms with Crippen LogP contribution in [-0.4, -0.2) is 19.0 Å². The van der Waals surface area contributed by atoms with Crippen LogP contribution in [0.2, 0.25) is 0 Å². The van der Waals surface area contributed by atoms with Gasteiger partial charge in [0.1, 0.15) is 0 Å². The Kier molecular flexibility index (Phi) is 4.88. The fourth-order valence-electron chi connectivity index (χ4n) is 4.00. The molecule has 0 unspecified atom stereocenters. The van der Waals surface area contributed by atoms with Gasteiger partial charge in [-0.3, -0.25) is 4.79 Å². The quantitative estimate of drug-likeness (QED) is 0.803. The van der Waals surface area contributed by atoms with Crippen LogP contribution in [0.25, 0.3) is 0 Å². The molecule has 0 spiro atoms. The van der Waals surface area contributed by atoms with E-state index in [4.69, 9.17) is 5.73 Å². The standard InChI is InChI=1S/C16H30N2O/c1-2-16(10-6-7-11-16)14(19)18-13-15(12-17)8-4-3-5-9-15/h2-13,17H2,1H3,(H,18,19). The maximum Gasteiger partial charge on any atom is 0.226 e. The number of hydrogen-bond acceptors (Lipinski definition) is 2. The van der Waals surface area contributed by atoms with E-state index in [1.54, 1.807) is 0 Å². The minimum Gasteiger partial charge on any atom is -0.355 e. The maximum atomic E-state index is 12.5. The van der Waals surface area contributed by atoms with Gasteiger partial charge in [0.15, 0.2) is 0 Å². The molecule has 3 heteroatoms. The lowest BCUT2D eigenvalue weighted by atomic mass is 9.73. The van der Waals surface area contributed by atoms with Crippen molar-refractivity contribution in [2.24, 2.45) is 16.6 Å². The summed E-state index contributed by atoms with van der Waals surface area (Å²) in [6, 6.07) is 0. The molecule has 1 amide bonds. The van der Waals surface area contributed by atoms with Gasteiger partial charge in [0, 0.05) is 12.0 Å². The van der Waals surface area contributed by atoms with Gasteiger partial charge in [-0.15, -0.1) is 0 Å². The summed E-state index contributed by atoms with van der Waals surface area (Å²) in [5, 5.41) is 3.26. The van der Waals surface area contributed by atoms with Crippen LogP contribution in [0.1, 0.15) is 71.1 Å². The molecule has 3 nitrogen and oxygen atoms in total. The highest BCUT2D eigenvalue weighted by molar-refractivity contribution is 5.82. The van der Waals surface area contributed by atoms with Crippen LogP contribution >= 0.6 is 0 Å². The molecular weight excluding hydrogens is 236 g/mol. The molecular formula is C16H30N2O. The van der Waals surface area contributed by atoms with Crippen molar-refractivity contribution < 1.29 is 4.79 Å². The molecule has 0 heterocycles. The third kappa shape index (κ3) is 3.13. The molecule has 2 saturated carbocycles. The molecule has 0 aliphatic heterocycles. The van der Waals surface area contributed by atoms with Crippen LogP contribution in [0.4, 0.5) is 0 Å². The predicted octanol–water partition coefficient (Wildman–Crippen LogP) is 2.98. The van der Waals surface area contributed by atoms with Crippen LogP contribution in [0.5, 0.6) is 0 Å². The summed E-state index contributed by atoms with van der Waals surface area (Å²) in [6.45, 7) is 3.67. The van der Waals surface area contributed by atoms with Gasteiger partial charge in [-0.2, -0.15) is 0 Å². The minimum absolute atomic E-state index is 0.0650. The molecule has 19 heavy (non-hydrogen) atoms. The van der Waals surface area contributed by atoms with Crippen molar-refractivity contribution in [1.82, 2.24) is 5.32 Å². The smallest absolute Gasteiger partial charge is 0.226 e. The summed E-state index contributed by atoms with van der Waals surface area (Å²) in [5.41, 5.74) is 6.11. The fraction of sp³-hybridized carbons (Fsp3) is 0.938. The summed E-state index contributed by atoms with van der Waals surface area (Å²) in [5.74, 6) is 0.297. The van der Waals surface area contributed by atoms with Crippen molar-refractivity contribution in [3.63, 3.8) is 0 Å². The Hall–Kier alpha value is -0.570. The Balaban J connectivity index is 1.91. The number of amides is 1. The normalized spacial score (nSPS) is 25.2. The van der Waals surface area contributed by atoms with Gasteiger partial charge < -0.3 is 11.1 Å². The van der Waals surface area contributed by atoms with Crippen molar-refractivity contribution in [3.8, 4) is 0 Å². The lowest BCUT2D eigenvalue weighted by molar-refractivity contribution is -0.131. The molecule has 2 fully saturated rings. The zero-order valence-electron chi connectivity index (χ0n) is 12.5. The molecule has 110 valence electrons. The van der Waals surface area contributed by atoms with E-state index in [-0.39, 0.29) is 10.8 Å². The first-order valence-electron chi connectivity index (χ1n) is 8.15. The highest BCUT2D eigenvalue weighted by Crippen LogP contribution is 2.41. The van der Waals surface area contributed by atoms with Crippen molar-refractivity contribution in [2.75, 3.05) is 13.1 Å². The zero-order valence-corrected chi connectivity index (χ0v) is 12.5. The van der Waals surface area contributed by atoms with Gasteiger partial charge in [-0.05, 0) is 44.1 Å². The Morgan fingerprint density at radius 1 is 1.05 bits per heavy atom. The molecule has 2 aliphatic carbocycles. The summed E-state index contributed by atoms with van der Waals surface area (Å²) in [4.78, 5) is 12.5. The fourth-order valence-corrected chi connectivity index (χ4v) is 4.00. The Labute approximate surface area is 117 Å². The first-order valence-corrected chi connectivity index (χ1v) is 8.15. The van der Waals surface area contributed by atoms with Gasteiger partial charge >= 0.3 is 0 Å². The number of hydrogen-bond donors (Lipinski definition) is 2. The largest absolute Gasteiger partial charge is 0.355 e. The molecule has 0 saturated heterocycles. The first-order chi connectivity index (χ1) is 9.16. The summed E-state index contributed by atoms with van der Waals surface area (Å²) < 4.78 is 0. The maximum absolute atomic E-state index is 12.5. The van der Waals surface area contributed by atoms with E-state index in [1.807, 2.05) is 0 Å². The predicted molar refractivity (Wildman–Crippen MR) is 78.8 cm³/mol. The van der Waals surface area contributed by atoms with E-state index in [9.17, 15) is 4.79 Å². The van der Waals surface area contributed by atoms with Crippen LogP contribution < -0.4 is 11.1 Å². The summed E-state index contributed by atoms with van der Waals surface area (Å²) >= 11 is 0. The number of rotatable bonds is 5. The van der Waals surface area contributed by atoms with Crippen molar-refractivity contribution in [3.05, 3.63) is 0 Å². The molecule has 0 aromatic rings. The van der Waals surface area contributed by atoms with E-state index >= 15 is 0 Å². The van der Waals surface area contributed by atoms with E-state index in [0.29, 0.717) is 12.5 Å². The topological polar surface area (TPSA) is 55.1 Å². The molecule has 2 aliphatic rings. The molecule has 0 atom stereocenters. The monoisotopic (exact) mass is 266 g/mol. The average molecular weight is 266 g/mol. The van der Waals surface area contributed by atoms with Gasteiger partial charge in [-0.1, -0.05) is 39.0 Å². The third-order valence-corrected chi connectivity index (χ3v) is 5.69. The molecule has 2 rings (SSSR count). The van der Waals surface area contributed by atoms with E-state index in [1.165, 1.54) is 44.9 Å². The molecule has 0 aromatic heterocycles. The van der Waals surface area contributed by atoms with E-state index in [0.717, 1.165) is 25.8 Å². The van der Waals surface area contributed by atoms with Gasteiger partial charge in [0.2, 0.25) is 5.91 Å². The molecule has 0 bridgehead atoms. The van der Waals surface area contributed by atoms with Crippen LogP contribution in [-0.2, 0) is 4.79 Å². The van der Waals surface area contributed by atoms with Crippen LogP contribution in [0, 0.1) is 10.8 Å². The van der Waals surface area contributed by atoms with Crippen molar-refractivity contribution >= 4 is 5.91 Å². The highest BCUT2D eigenvalue weighted by Gasteiger charge is 2.40. The lowest BCUT2D eigenvalue weighted by Crippen LogP contribution is -2.47. The Morgan fingerprint density at radius 3 is 2.16 bits per heavy atom. The highest BCUT2D eigenvalue weighted by atomic mass is 16.2. The van der Waals surface area contributed by atoms with E-state index in [2.05, 4.69) is 12.2 Å². The molecule has 0 radical (unpaired) electrons. The van der Waals surface area contributed by atoms with Crippen LogP contribution in [0.3, 0.4) is 0 Å². The lowest BCUT2D eigenvalue weighted by Gasteiger charge is -2.37. The Morgan fingerprint density at radius 2 is 1.63 bits per heavy atom. The SMILES string of the molecule is CCC1(C(=O)NCC2(CN)CCCCC2)CCCC1. The van der Waals surface area contributed by atoms with Crippen LogP contribution in [0.15, 0.2) is 0 Å². The number of carbonyl (C=O) groups excluding carboxylic acids is 1. The second-order valence-electron chi connectivity index (χ2n) is 6.79. The zero-order chi connectivity index (χ0) is 13.8. The van der Waals surface area contributed by atoms with E-state index < -0.39 is 0 Å². The number of nitrogens with two attached hydrogens (primary N) is 1. The summed E-state index contributed by atoms with van der Waals surface area (Å²) in [7, 11) is 0. The first kappa shape index (κ1) is 14.8. The van der Waals surface area contributed by atoms with Crippen molar-refractivity contribution in [1.29, 1.82) is 0 Å². The summed E-state index contributed by atoms with van der Waals surface area (Å²) in [6.07, 6.45) is 11.8. The van der Waals surface area contributed by atoms with Crippen molar-refractivity contribution in [2.45, 2.75) is 71.1 Å². The minimum atomic E-state index is -0.0650. The Bertz CT molecular complexity index is 302. The molecule has 0 aromatic carbocycles. The third-order valence-electron chi connectivity index (χ3n) is 5.69. The second kappa shape index (κ2) is 6.25. The average Bonchev–Trinajstić information content (AvgIpc) is 2.96. The molecule has 3 N–H and O–H groups in total. The van der Waals surface area contributed by atoms with Gasteiger partial charge in [-0.25, -0.2) is 0 Å².